The van der Waals surface area contributed by atoms with Crippen LogP contribution < -0.4 is 16.0 Å². The highest BCUT2D eigenvalue weighted by molar-refractivity contribution is 8.00. The van der Waals surface area contributed by atoms with Crippen molar-refractivity contribution in [3.05, 3.63) is 0 Å². The van der Waals surface area contributed by atoms with Gasteiger partial charge in [-0.15, -0.1) is 0 Å². The molecule has 2 aliphatic rings. The van der Waals surface area contributed by atoms with Crippen LogP contribution in [0.25, 0.3) is 0 Å². The number of carbonyl (C=O) groups excluding carboxylic acids is 2. The lowest BCUT2D eigenvalue weighted by atomic mass is 9.91. The molecule has 2 saturated heterocycles. The van der Waals surface area contributed by atoms with Crippen LogP contribution in [0.1, 0.15) is 46.5 Å². The minimum Gasteiger partial charge on any atom is -0.381 e. The number of hydrogen-bond acceptors (Lipinski definition) is 4. The molecule has 3 atom stereocenters. The van der Waals surface area contributed by atoms with Crippen molar-refractivity contribution in [2.24, 2.45) is 5.41 Å². The molecule has 2 fully saturated rings. The molecule has 0 spiro atoms. The summed E-state index contributed by atoms with van der Waals surface area (Å²) >= 11 is 1.76. The fraction of sp³-hybridized carbons (Fsp3) is 0.882. The summed E-state index contributed by atoms with van der Waals surface area (Å²) in [6.07, 6.45) is 3.54. The topological polar surface area (TPSA) is 79.5 Å². The summed E-state index contributed by atoms with van der Waals surface area (Å²) < 4.78 is 5.60. The van der Waals surface area contributed by atoms with Gasteiger partial charge in [-0.05, 0) is 24.7 Å². The minimum atomic E-state index is -0.112. The molecule has 0 radical (unpaired) electrons. The smallest absolute Gasteiger partial charge is 0.315 e. The molecule has 3 amide bonds. The molecule has 0 saturated carbocycles. The van der Waals surface area contributed by atoms with Crippen molar-refractivity contribution < 1.29 is 14.3 Å². The molecule has 0 aliphatic carbocycles. The molecule has 0 aromatic carbocycles. The highest BCUT2D eigenvalue weighted by Crippen LogP contribution is 2.31. The molecule has 24 heavy (non-hydrogen) atoms. The molecular formula is C17H31N3O3S. The molecule has 138 valence electrons. The highest BCUT2D eigenvalue weighted by Gasteiger charge is 2.43. The van der Waals surface area contributed by atoms with Crippen molar-refractivity contribution in [2.75, 3.05) is 25.5 Å². The Labute approximate surface area is 149 Å². The molecule has 0 aromatic heterocycles. The lowest BCUT2D eigenvalue weighted by Gasteiger charge is -2.17. The molecule has 0 unspecified atom stereocenters. The van der Waals surface area contributed by atoms with E-state index in [9.17, 15) is 9.59 Å². The van der Waals surface area contributed by atoms with Crippen LogP contribution in [0, 0.1) is 5.41 Å². The Kier molecular flexibility index (Phi) is 7.22. The lowest BCUT2D eigenvalue weighted by Crippen LogP contribution is -2.39. The van der Waals surface area contributed by atoms with E-state index in [1.54, 1.807) is 11.8 Å². The van der Waals surface area contributed by atoms with Crippen LogP contribution in [0.5, 0.6) is 0 Å². The molecule has 6 nitrogen and oxygen atoms in total. The normalized spacial score (nSPS) is 26.0. The van der Waals surface area contributed by atoms with Crippen LogP contribution in [0.15, 0.2) is 0 Å². The summed E-state index contributed by atoms with van der Waals surface area (Å²) in [6.45, 7) is 8.84. The zero-order valence-electron chi connectivity index (χ0n) is 15.0. The summed E-state index contributed by atoms with van der Waals surface area (Å²) in [5.74, 6) is 0.936. The van der Waals surface area contributed by atoms with Crippen LogP contribution in [0.4, 0.5) is 4.79 Å². The first-order valence-electron chi connectivity index (χ1n) is 8.88. The van der Waals surface area contributed by atoms with Gasteiger partial charge in [-0.2, -0.15) is 11.8 Å². The van der Waals surface area contributed by atoms with Crippen molar-refractivity contribution in [3.8, 4) is 0 Å². The molecule has 2 rings (SSSR count). The Hall–Kier alpha value is -0.950. The van der Waals surface area contributed by atoms with Gasteiger partial charge >= 0.3 is 6.03 Å². The van der Waals surface area contributed by atoms with Crippen LogP contribution >= 0.6 is 11.8 Å². The highest BCUT2D eigenvalue weighted by atomic mass is 32.2. The van der Waals surface area contributed by atoms with Gasteiger partial charge in [0, 0.05) is 37.2 Å². The number of thioether (sulfide) groups is 1. The van der Waals surface area contributed by atoms with E-state index in [0.717, 1.165) is 31.6 Å². The van der Waals surface area contributed by atoms with Crippen LogP contribution in [0.3, 0.4) is 0 Å². The number of fused-ring (bicyclic) bond motifs is 1. The first-order chi connectivity index (χ1) is 11.3. The summed E-state index contributed by atoms with van der Waals surface area (Å²) in [4.78, 5) is 23.3. The number of carbonyl (C=O) groups is 2. The molecule has 0 bridgehead atoms. The van der Waals surface area contributed by atoms with Crippen molar-refractivity contribution in [2.45, 2.75) is 63.8 Å². The Morgan fingerprint density at radius 3 is 2.79 bits per heavy atom. The van der Waals surface area contributed by atoms with E-state index in [-0.39, 0.29) is 29.3 Å². The predicted octanol–water partition coefficient (Wildman–Crippen LogP) is 1.89. The van der Waals surface area contributed by atoms with Gasteiger partial charge in [0.1, 0.15) is 0 Å². The Morgan fingerprint density at radius 2 is 2.04 bits per heavy atom. The summed E-state index contributed by atoms with van der Waals surface area (Å²) in [7, 11) is 0. The molecule has 3 N–H and O–H groups in total. The maximum absolute atomic E-state index is 12.0. The van der Waals surface area contributed by atoms with Gasteiger partial charge in [-0.1, -0.05) is 20.8 Å². The van der Waals surface area contributed by atoms with Crippen molar-refractivity contribution in [3.63, 3.8) is 0 Å². The number of hydrogen-bond donors (Lipinski definition) is 3. The summed E-state index contributed by atoms with van der Waals surface area (Å²) in [5.41, 5.74) is 0.364. The van der Waals surface area contributed by atoms with E-state index in [1.165, 1.54) is 0 Å². The summed E-state index contributed by atoms with van der Waals surface area (Å²) in [5, 5.41) is 8.91. The van der Waals surface area contributed by atoms with E-state index in [1.807, 2.05) is 0 Å². The predicted molar refractivity (Wildman–Crippen MR) is 97.2 cm³/mol. The molecule has 0 aromatic rings. The van der Waals surface area contributed by atoms with Gasteiger partial charge in [0.2, 0.25) is 5.91 Å². The Balaban J connectivity index is 1.48. The van der Waals surface area contributed by atoms with Crippen molar-refractivity contribution in [1.82, 2.24) is 16.0 Å². The first-order valence-corrected chi connectivity index (χ1v) is 9.93. The van der Waals surface area contributed by atoms with E-state index >= 15 is 0 Å². The van der Waals surface area contributed by atoms with Gasteiger partial charge in [0.25, 0.3) is 0 Å². The van der Waals surface area contributed by atoms with Gasteiger partial charge < -0.3 is 20.7 Å². The molecular weight excluding hydrogens is 326 g/mol. The van der Waals surface area contributed by atoms with Crippen LogP contribution in [-0.2, 0) is 9.53 Å². The van der Waals surface area contributed by atoms with Crippen molar-refractivity contribution >= 4 is 23.7 Å². The molecule has 2 aliphatic heterocycles. The molecule has 2 heterocycles. The van der Waals surface area contributed by atoms with E-state index in [2.05, 4.69) is 36.7 Å². The van der Waals surface area contributed by atoms with E-state index in [4.69, 9.17) is 4.74 Å². The maximum atomic E-state index is 12.0. The lowest BCUT2D eigenvalue weighted by molar-refractivity contribution is -0.121. The fourth-order valence-electron chi connectivity index (χ4n) is 3.03. The van der Waals surface area contributed by atoms with Gasteiger partial charge in [-0.25, -0.2) is 4.79 Å². The first kappa shape index (κ1) is 19.4. The third-order valence-corrected chi connectivity index (χ3v) is 5.77. The van der Waals surface area contributed by atoms with Crippen LogP contribution in [-0.4, -0.2) is 54.8 Å². The minimum absolute atomic E-state index is 0.0574. The maximum Gasteiger partial charge on any atom is 0.315 e. The van der Waals surface area contributed by atoms with Gasteiger partial charge in [0.15, 0.2) is 0 Å². The quantitative estimate of drug-likeness (QED) is 0.435. The Morgan fingerprint density at radius 1 is 1.29 bits per heavy atom. The second-order valence-electron chi connectivity index (χ2n) is 7.81. The SMILES string of the molecule is CC(C)(C)CCCOCCCNC(=O)C[C@@H]1SC[C@@H]2NC(=O)N[C@@H]21. The fourth-order valence-corrected chi connectivity index (χ4v) is 4.51. The monoisotopic (exact) mass is 357 g/mol. The molecule has 7 heteroatoms. The second-order valence-corrected chi connectivity index (χ2v) is 9.08. The van der Waals surface area contributed by atoms with Gasteiger partial charge in [-0.3, -0.25) is 4.79 Å². The van der Waals surface area contributed by atoms with E-state index < -0.39 is 0 Å². The zero-order chi connectivity index (χ0) is 17.6. The number of ether oxygens (including phenoxy) is 1. The second kappa shape index (κ2) is 8.94. The van der Waals surface area contributed by atoms with Crippen LogP contribution in [0.2, 0.25) is 0 Å². The van der Waals surface area contributed by atoms with Crippen molar-refractivity contribution in [1.29, 1.82) is 0 Å². The third kappa shape index (κ3) is 6.51. The summed E-state index contributed by atoms with van der Waals surface area (Å²) in [6, 6.07) is 0.139. The zero-order valence-corrected chi connectivity index (χ0v) is 15.8. The number of urea groups is 1. The number of amides is 3. The Bertz CT molecular complexity index is 439. The third-order valence-electron chi connectivity index (χ3n) is 4.33. The average molecular weight is 358 g/mol. The standard InChI is InChI=1S/C17H31N3O3S/c1-17(2,3)6-4-8-23-9-5-7-18-14(21)10-13-15-12(11-24-13)19-16(22)20-15/h12-13,15H,4-11H2,1-3H3,(H,18,21)(H2,19,20,22)/t12-,13-,15-/m0/s1. The number of nitrogens with one attached hydrogen (secondary N) is 3. The largest absolute Gasteiger partial charge is 0.381 e. The average Bonchev–Trinajstić information content (AvgIpc) is 3.01. The number of rotatable bonds is 9. The van der Waals surface area contributed by atoms with Gasteiger partial charge in [0.05, 0.1) is 12.1 Å². The van der Waals surface area contributed by atoms with E-state index in [0.29, 0.717) is 25.0 Å².